The Labute approximate surface area is 84.5 Å². The summed E-state index contributed by atoms with van der Waals surface area (Å²) in [5, 5.41) is 0. The van der Waals surface area contributed by atoms with Crippen molar-refractivity contribution in [3.8, 4) is 0 Å². The summed E-state index contributed by atoms with van der Waals surface area (Å²) in [6.07, 6.45) is 2.59. The van der Waals surface area contributed by atoms with Gasteiger partial charge in [-0.15, -0.1) is 0 Å². The number of nitrogens with zero attached hydrogens (tertiary/aromatic N) is 1. The predicted molar refractivity (Wildman–Crippen MR) is 55.6 cm³/mol. The number of hydrogen-bond donors (Lipinski definition) is 0. The molecule has 1 fully saturated rings. The average molecular weight is 193 g/mol. The minimum atomic E-state index is -0.151. The number of likely N-dealkylation sites (tertiary alicyclic amines) is 1. The molecule has 2 heteroatoms. The molecule has 2 rings (SSSR count). The molecule has 1 nitrogen and oxygen atoms in total. The van der Waals surface area contributed by atoms with Crippen LogP contribution in [0.1, 0.15) is 31.4 Å². The van der Waals surface area contributed by atoms with Gasteiger partial charge in [-0.3, -0.25) is 4.90 Å². The molecule has 0 aliphatic carbocycles. The van der Waals surface area contributed by atoms with Crippen LogP contribution in [0.25, 0.3) is 0 Å². The second kappa shape index (κ2) is 4.09. The summed E-state index contributed by atoms with van der Waals surface area (Å²) < 4.78 is 12.7. The quantitative estimate of drug-likeness (QED) is 0.698. The average Bonchev–Trinajstić information content (AvgIpc) is 2.71. The van der Waals surface area contributed by atoms with E-state index in [2.05, 4.69) is 11.8 Å². The lowest BCUT2D eigenvalue weighted by Gasteiger charge is -2.23. The highest BCUT2D eigenvalue weighted by Crippen LogP contribution is 2.24. The van der Waals surface area contributed by atoms with Gasteiger partial charge in [0.25, 0.3) is 0 Å². The molecule has 1 aliphatic heterocycles. The van der Waals surface area contributed by atoms with E-state index in [-0.39, 0.29) is 5.82 Å². The monoisotopic (exact) mass is 193 g/mol. The molecular formula is C12H16FN. The van der Waals surface area contributed by atoms with Gasteiger partial charge in [0, 0.05) is 6.04 Å². The molecule has 1 aromatic rings. The molecule has 14 heavy (non-hydrogen) atoms. The van der Waals surface area contributed by atoms with E-state index in [1.54, 1.807) is 12.1 Å². The normalized spacial score (nSPS) is 19.9. The Morgan fingerprint density at radius 3 is 2.29 bits per heavy atom. The first-order chi connectivity index (χ1) is 6.77. The fourth-order valence-electron chi connectivity index (χ4n) is 2.08. The van der Waals surface area contributed by atoms with Crippen molar-refractivity contribution in [2.75, 3.05) is 13.1 Å². The number of halogens is 1. The third-order valence-electron chi connectivity index (χ3n) is 3.04. The topological polar surface area (TPSA) is 3.24 Å². The summed E-state index contributed by atoms with van der Waals surface area (Å²) in [6, 6.07) is 7.29. The maximum Gasteiger partial charge on any atom is 0.123 e. The van der Waals surface area contributed by atoms with Crippen LogP contribution in [-0.2, 0) is 0 Å². The molecule has 1 heterocycles. The molecule has 0 unspecified atom stereocenters. The van der Waals surface area contributed by atoms with E-state index in [0.29, 0.717) is 6.04 Å². The van der Waals surface area contributed by atoms with Crippen LogP contribution in [0, 0.1) is 5.82 Å². The van der Waals surface area contributed by atoms with Gasteiger partial charge in [0.05, 0.1) is 0 Å². The highest BCUT2D eigenvalue weighted by molar-refractivity contribution is 5.19. The lowest BCUT2D eigenvalue weighted by Crippen LogP contribution is -2.23. The summed E-state index contributed by atoms with van der Waals surface area (Å²) in [5.41, 5.74) is 1.22. The Morgan fingerprint density at radius 1 is 1.14 bits per heavy atom. The van der Waals surface area contributed by atoms with Gasteiger partial charge in [0.15, 0.2) is 0 Å². The highest BCUT2D eigenvalue weighted by Gasteiger charge is 2.18. The fourth-order valence-corrected chi connectivity index (χ4v) is 2.08. The van der Waals surface area contributed by atoms with E-state index in [0.717, 1.165) is 0 Å². The van der Waals surface area contributed by atoms with Crippen molar-refractivity contribution in [3.63, 3.8) is 0 Å². The van der Waals surface area contributed by atoms with Gasteiger partial charge in [-0.2, -0.15) is 0 Å². The zero-order chi connectivity index (χ0) is 9.97. The Hall–Kier alpha value is -0.890. The van der Waals surface area contributed by atoms with Gasteiger partial charge in [0.1, 0.15) is 5.82 Å². The summed E-state index contributed by atoms with van der Waals surface area (Å²) >= 11 is 0. The third-order valence-corrected chi connectivity index (χ3v) is 3.04. The van der Waals surface area contributed by atoms with Crippen LogP contribution in [0.15, 0.2) is 24.3 Å². The highest BCUT2D eigenvalue weighted by atomic mass is 19.1. The van der Waals surface area contributed by atoms with Crippen molar-refractivity contribution < 1.29 is 4.39 Å². The van der Waals surface area contributed by atoms with Crippen molar-refractivity contribution in [1.29, 1.82) is 0 Å². The largest absolute Gasteiger partial charge is 0.297 e. The number of benzene rings is 1. The number of rotatable bonds is 2. The van der Waals surface area contributed by atoms with Crippen LogP contribution in [0.2, 0.25) is 0 Å². The zero-order valence-electron chi connectivity index (χ0n) is 8.54. The maximum atomic E-state index is 12.7. The molecular weight excluding hydrogens is 177 g/mol. The van der Waals surface area contributed by atoms with Crippen LogP contribution in [-0.4, -0.2) is 18.0 Å². The molecule has 1 atom stereocenters. The maximum absolute atomic E-state index is 12.7. The molecule has 1 saturated heterocycles. The fraction of sp³-hybridized carbons (Fsp3) is 0.500. The van der Waals surface area contributed by atoms with E-state index < -0.39 is 0 Å². The molecule has 0 N–H and O–H groups in total. The second-order valence-electron chi connectivity index (χ2n) is 3.97. The van der Waals surface area contributed by atoms with Crippen LogP contribution in [0.4, 0.5) is 4.39 Å². The SMILES string of the molecule is C[C@H](c1ccc(F)cc1)N1CCCC1. The number of hydrogen-bond acceptors (Lipinski definition) is 1. The lowest BCUT2D eigenvalue weighted by molar-refractivity contribution is 0.263. The summed E-state index contributed by atoms with van der Waals surface area (Å²) in [5.74, 6) is -0.151. The Bertz CT molecular complexity index is 288. The van der Waals surface area contributed by atoms with E-state index in [1.807, 2.05) is 12.1 Å². The zero-order valence-corrected chi connectivity index (χ0v) is 8.54. The van der Waals surface area contributed by atoms with E-state index in [4.69, 9.17) is 0 Å². The molecule has 0 radical (unpaired) electrons. The molecule has 1 aromatic carbocycles. The van der Waals surface area contributed by atoms with Gasteiger partial charge in [-0.1, -0.05) is 12.1 Å². The van der Waals surface area contributed by atoms with Crippen LogP contribution < -0.4 is 0 Å². The molecule has 0 aromatic heterocycles. The summed E-state index contributed by atoms with van der Waals surface area (Å²) in [6.45, 7) is 4.55. The van der Waals surface area contributed by atoms with E-state index >= 15 is 0 Å². The molecule has 0 bridgehead atoms. The van der Waals surface area contributed by atoms with Gasteiger partial charge >= 0.3 is 0 Å². The Kier molecular flexibility index (Phi) is 2.82. The van der Waals surface area contributed by atoms with Gasteiger partial charge in [-0.25, -0.2) is 4.39 Å². The second-order valence-corrected chi connectivity index (χ2v) is 3.97. The Morgan fingerprint density at radius 2 is 1.71 bits per heavy atom. The molecule has 0 spiro atoms. The standard InChI is InChI=1S/C12H16FN/c1-10(14-8-2-3-9-14)11-4-6-12(13)7-5-11/h4-7,10H,2-3,8-9H2,1H3/t10-/m1/s1. The van der Waals surface area contributed by atoms with Gasteiger partial charge in [-0.05, 0) is 50.6 Å². The van der Waals surface area contributed by atoms with Crippen LogP contribution in [0.5, 0.6) is 0 Å². The van der Waals surface area contributed by atoms with Crippen LogP contribution >= 0.6 is 0 Å². The van der Waals surface area contributed by atoms with Crippen molar-refractivity contribution in [1.82, 2.24) is 4.90 Å². The third kappa shape index (κ3) is 1.95. The van der Waals surface area contributed by atoms with Crippen molar-refractivity contribution in [2.24, 2.45) is 0 Å². The molecule has 0 saturated carbocycles. The van der Waals surface area contributed by atoms with Crippen molar-refractivity contribution in [2.45, 2.75) is 25.8 Å². The van der Waals surface area contributed by atoms with E-state index in [1.165, 1.54) is 31.5 Å². The molecule has 0 amide bonds. The lowest BCUT2D eigenvalue weighted by atomic mass is 10.1. The summed E-state index contributed by atoms with van der Waals surface area (Å²) in [7, 11) is 0. The molecule has 1 aliphatic rings. The minimum Gasteiger partial charge on any atom is -0.297 e. The van der Waals surface area contributed by atoms with Gasteiger partial charge in [0.2, 0.25) is 0 Å². The predicted octanol–water partition coefficient (Wildman–Crippen LogP) is 2.98. The van der Waals surface area contributed by atoms with Crippen molar-refractivity contribution in [3.05, 3.63) is 35.6 Å². The summed E-state index contributed by atoms with van der Waals surface area (Å²) in [4.78, 5) is 2.45. The first-order valence-corrected chi connectivity index (χ1v) is 5.27. The van der Waals surface area contributed by atoms with Crippen LogP contribution in [0.3, 0.4) is 0 Å². The first-order valence-electron chi connectivity index (χ1n) is 5.27. The van der Waals surface area contributed by atoms with Crippen molar-refractivity contribution >= 4 is 0 Å². The Balaban J connectivity index is 2.09. The molecule has 76 valence electrons. The minimum absolute atomic E-state index is 0.151. The smallest absolute Gasteiger partial charge is 0.123 e. The van der Waals surface area contributed by atoms with E-state index in [9.17, 15) is 4.39 Å². The van der Waals surface area contributed by atoms with Gasteiger partial charge < -0.3 is 0 Å². The first kappa shape index (κ1) is 9.66.